The van der Waals surface area contributed by atoms with Gasteiger partial charge in [-0.2, -0.15) is 0 Å². The van der Waals surface area contributed by atoms with Crippen molar-refractivity contribution in [3.63, 3.8) is 0 Å². The fourth-order valence-corrected chi connectivity index (χ4v) is 3.28. The van der Waals surface area contributed by atoms with Crippen LogP contribution < -0.4 is 0 Å². The van der Waals surface area contributed by atoms with Gasteiger partial charge in [-0.05, 0) is 25.8 Å². The van der Waals surface area contributed by atoms with Crippen LogP contribution in [-0.2, 0) is 6.54 Å². The first kappa shape index (κ1) is 17.0. The van der Waals surface area contributed by atoms with Crippen LogP contribution in [0.2, 0.25) is 0 Å². The average Bonchev–Trinajstić information content (AvgIpc) is 2.96. The van der Waals surface area contributed by atoms with E-state index < -0.39 is 0 Å². The van der Waals surface area contributed by atoms with Crippen LogP contribution in [0.1, 0.15) is 51.0 Å². The van der Waals surface area contributed by atoms with Crippen LogP contribution in [0.25, 0.3) is 0 Å². The maximum Gasteiger partial charge on any atom is 0.215 e. The van der Waals surface area contributed by atoms with Gasteiger partial charge in [-0.1, -0.05) is 41.5 Å². The van der Waals surface area contributed by atoms with E-state index in [4.69, 9.17) is 0 Å². The SMILES string of the molecule is CCC1=C(C=NC)C(=O)c2c(nnn2Cc2cc(C)cc(C)c2)C1=O. The predicted octanol–water partition coefficient (Wildman–Crippen LogP) is 2.73. The number of fused-ring (bicyclic) bond motifs is 1. The van der Waals surface area contributed by atoms with Crippen LogP contribution in [-0.4, -0.2) is 39.8 Å². The van der Waals surface area contributed by atoms with Crippen molar-refractivity contribution in [2.75, 3.05) is 7.05 Å². The van der Waals surface area contributed by atoms with Crippen molar-refractivity contribution in [2.45, 2.75) is 33.7 Å². The van der Waals surface area contributed by atoms with E-state index in [1.807, 2.05) is 32.9 Å². The number of allylic oxidation sites excluding steroid dienone is 2. The van der Waals surface area contributed by atoms with Crippen molar-refractivity contribution in [1.29, 1.82) is 0 Å². The molecule has 0 spiro atoms. The molecule has 1 aliphatic rings. The quantitative estimate of drug-likeness (QED) is 0.804. The molecular weight excluding hydrogens is 316 g/mol. The predicted molar refractivity (Wildman–Crippen MR) is 95.4 cm³/mol. The van der Waals surface area contributed by atoms with Crippen LogP contribution in [0.5, 0.6) is 0 Å². The number of rotatable bonds is 4. The van der Waals surface area contributed by atoms with Crippen molar-refractivity contribution >= 4 is 17.8 Å². The van der Waals surface area contributed by atoms with Gasteiger partial charge in [0.25, 0.3) is 0 Å². The Morgan fingerprint density at radius 3 is 2.40 bits per heavy atom. The minimum atomic E-state index is -0.244. The third kappa shape index (κ3) is 2.95. The number of carbonyl (C=O) groups excluding carboxylic acids is 2. The van der Waals surface area contributed by atoms with Gasteiger partial charge in [-0.3, -0.25) is 14.6 Å². The summed E-state index contributed by atoms with van der Waals surface area (Å²) in [5.74, 6) is -0.481. The molecule has 0 aliphatic heterocycles. The highest BCUT2D eigenvalue weighted by atomic mass is 16.1. The zero-order valence-electron chi connectivity index (χ0n) is 14.8. The molecule has 3 rings (SSSR count). The number of hydrogen-bond acceptors (Lipinski definition) is 5. The minimum absolute atomic E-state index is 0.138. The molecule has 128 valence electrons. The number of ketones is 2. The van der Waals surface area contributed by atoms with E-state index in [2.05, 4.69) is 21.4 Å². The van der Waals surface area contributed by atoms with E-state index in [0.29, 0.717) is 24.1 Å². The van der Waals surface area contributed by atoms with Crippen LogP contribution >= 0.6 is 0 Å². The molecular formula is C19H20N4O2. The Hall–Kier alpha value is -2.89. The molecule has 25 heavy (non-hydrogen) atoms. The summed E-state index contributed by atoms with van der Waals surface area (Å²) in [7, 11) is 1.58. The number of hydrogen-bond donors (Lipinski definition) is 0. The molecule has 0 bridgehead atoms. The summed E-state index contributed by atoms with van der Waals surface area (Å²) in [6.07, 6.45) is 1.91. The highest BCUT2D eigenvalue weighted by molar-refractivity contribution is 6.32. The summed E-state index contributed by atoms with van der Waals surface area (Å²) < 4.78 is 1.51. The summed E-state index contributed by atoms with van der Waals surface area (Å²) in [6.45, 7) is 6.28. The van der Waals surface area contributed by atoms with Gasteiger partial charge in [0.2, 0.25) is 11.6 Å². The number of aromatic nitrogens is 3. The standard InChI is InChI=1S/C19H20N4O2/c1-5-14-15(9-20-4)19(25)17-16(18(14)24)21-22-23(17)10-13-7-11(2)6-12(3)8-13/h6-9H,5,10H2,1-4H3. The Balaban J connectivity index is 2.07. The summed E-state index contributed by atoms with van der Waals surface area (Å²) in [4.78, 5) is 29.5. The van der Waals surface area contributed by atoms with E-state index in [-0.39, 0.29) is 23.0 Å². The van der Waals surface area contributed by atoms with Gasteiger partial charge in [0.1, 0.15) is 5.69 Å². The number of carbonyl (C=O) groups is 2. The third-order valence-electron chi connectivity index (χ3n) is 4.23. The first-order valence-corrected chi connectivity index (χ1v) is 8.21. The lowest BCUT2D eigenvalue weighted by Crippen LogP contribution is -2.25. The van der Waals surface area contributed by atoms with Crippen molar-refractivity contribution in [3.05, 3.63) is 57.4 Å². The van der Waals surface area contributed by atoms with Gasteiger partial charge in [0.05, 0.1) is 6.54 Å². The average molecular weight is 336 g/mol. The Bertz CT molecular complexity index is 915. The molecule has 0 saturated heterocycles. The van der Waals surface area contributed by atoms with Crippen molar-refractivity contribution < 1.29 is 9.59 Å². The zero-order valence-corrected chi connectivity index (χ0v) is 14.8. The Labute approximate surface area is 146 Å². The summed E-state index contributed by atoms with van der Waals surface area (Å²) in [5.41, 5.74) is 4.46. The maximum absolute atomic E-state index is 12.9. The molecule has 6 heteroatoms. The number of aryl methyl sites for hydroxylation is 2. The lowest BCUT2D eigenvalue weighted by atomic mass is 9.89. The van der Waals surface area contributed by atoms with Gasteiger partial charge < -0.3 is 0 Å². The summed E-state index contributed by atoms with van der Waals surface area (Å²) in [5, 5.41) is 8.06. The fraction of sp³-hybridized carbons (Fsp3) is 0.316. The zero-order chi connectivity index (χ0) is 18.1. The lowest BCUT2D eigenvalue weighted by Gasteiger charge is -2.15. The van der Waals surface area contributed by atoms with E-state index in [1.165, 1.54) is 10.9 Å². The third-order valence-corrected chi connectivity index (χ3v) is 4.23. The highest BCUT2D eigenvalue weighted by Gasteiger charge is 2.35. The van der Waals surface area contributed by atoms with E-state index in [1.54, 1.807) is 7.05 Å². The number of nitrogens with zero attached hydrogens (tertiary/aromatic N) is 4. The van der Waals surface area contributed by atoms with Crippen LogP contribution in [0.4, 0.5) is 0 Å². The Morgan fingerprint density at radius 1 is 1.12 bits per heavy atom. The van der Waals surface area contributed by atoms with Crippen molar-refractivity contribution in [2.24, 2.45) is 4.99 Å². The van der Waals surface area contributed by atoms with Gasteiger partial charge >= 0.3 is 0 Å². The van der Waals surface area contributed by atoms with E-state index >= 15 is 0 Å². The van der Waals surface area contributed by atoms with E-state index in [9.17, 15) is 9.59 Å². The molecule has 0 saturated carbocycles. The fourth-order valence-electron chi connectivity index (χ4n) is 3.28. The monoisotopic (exact) mass is 336 g/mol. The molecule has 0 fully saturated rings. The molecule has 0 unspecified atom stereocenters. The van der Waals surface area contributed by atoms with E-state index in [0.717, 1.165) is 16.7 Å². The molecule has 6 nitrogen and oxygen atoms in total. The molecule has 1 heterocycles. The Morgan fingerprint density at radius 2 is 1.80 bits per heavy atom. The first-order chi connectivity index (χ1) is 12.0. The molecule has 0 amide bonds. The molecule has 0 radical (unpaired) electrons. The summed E-state index contributed by atoms with van der Waals surface area (Å²) in [6, 6.07) is 6.16. The number of aliphatic imine (C=N–C) groups is 1. The topological polar surface area (TPSA) is 77.2 Å². The first-order valence-electron chi connectivity index (χ1n) is 8.21. The largest absolute Gasteiger partial charge is 0.296 e. The second-order valence-electron chi connectivity index (χ2n) is 6.23. The molecule has 2 aromatic rings. The summed E-state index contributed by atoms with van der Waals surface area (Å²) >= 11 is 0. The van der Waals surface area contributed by atoms with Crippen LogP contribution in [0, 0.1) is 13.8 Å². The maximum atomic E-state index is 12.9. The second-order valence-corrected chi connectivity index (χ2v) is 6.23. The van der Waals surface area contributed by atoms with Gasteiger partial charge in [-0.25, -0.2) is 4.68 Å². The van der Waals surface area contributed by atoms with Crippen LogP contribution in [0.3, 0.4) is 0 Å². The number of benzene rings is 1. The molecule has 1 aromatic carbocycles. The lowest BCUT2D eigenvalue weighted by molar-refractivity contribution is 0.0969. The van der Waals surface area contributed by atoms with Gasteiger partial charge in [-0.15, -0.1) is 5.10 Å². The van der Waals surface area contributed by atoms with Gasteiger partial charge in [0, 0.05) is 24.4 Å². The highest BCUT2D eigenvalue weighted by Crippen LogP contribution is 2.26. The smallest absolute Gasteiger partial charge is 0.215 e. The Kier molecular flexibility index (Phi) is 4.44. The molecule has 1 aromatic heterocycles. The minimum Gasteiger partial charge on any atom is -0.296 e. The van der Waals surface area contributed by atoms with Crippen molar-refractivity contribution in [1.82, 2.24) is 15.0 Å². The molecule has 1 aliphatic carbocycles. The van der Waals surface area contributed by atoms with Gasteiger partial charge in [0.15, 0.2) is 5.69 Å². The normalized spacial score (nSPS) is 14.6. The molecule has 0 N–H and O–H groups in total. The molecule has 0 atom stereocenters. The van der Waals surface area contributed by atoms with Crippen molar-refractivity contribution in [3.8, 4) is 0 Å². The van der Waals surface area contributed by atoms with Crippen LogP contribution in [0.15, 0.2) is 34.3 Å². The number of Topliss-reactive ketones (excluding diaryl/α,β-unsaturated/α-hetero) is 2. The second kappa shape index (κ2) is 6.55.